The fourth-order valence-electron chi connectivity index (χ4n) is 1.27. The maximum Gasteiger partial charge on any atom is 0.142 e. The lowest BCUT2D eigenvalue weighted by Gasteiger charge is -2.15. The largest absolute Gasteiger partial charge is 0.492 e. The van der Waals surface area contributed by atoms with E-state index >= 15 is 0 Å². The summed E-state index contributed by atoms with van der Waals surface area (Å²) in [7, 11) is 0. The van der Waals surface area contributed by atoms with Crippen LogP contribution in [0.15, 0.2) is 12.1 Å². The summed E-state index contributed by atoms with van der Waals surface area (Å²) in [6, 6.07) is 3.32. The van der Waals surface area contributed by atoms with E-state index in [9.17, 15) is 0 Å². The van der Waals surface area contributed by atoms with Gasteiger partial charge in [0.05, 0.1) is 11.6 Å². The average Bonchev–Trinajstić information content (AvgIpc) is 2.15. The first-order chi connectivity index (χ1) is 7.06. The van der Waals surface area contributed by atoms with Gasteiger partial charge in [-0.05, 0) is 25.5 Å². The lowest BCUT2D eigenvalue weighted by atomic mass is 10.1. The van der Waals surface area contributed by atoms with Crippen LogP contribution in [0.4, 0.5) is 0 Å². The fourth-order valence-corrected chi connectivity index (χ4v) is 1.84. The Labute approximate surface area is 100 Å². The van der Waals surface area contributed by atoms with Crippen molar-refractivity contribution in [3.63, 3.8) is 0 Å². The second-order valence-electron chi connectivity index (χ2n) is 3.44. The highest BCUT2D eigenvalue weighted by Crippen LogP contribution is 2.35. The van der Waals surface area contributed by atoms with Gasteiger partial charge in [-0.3, -0.25) is 0 Å². The van der Waals surface area contributed by atoms with Crippen molar-refractivity contribution in [3.05, 3.63) is 27.7 Å². The highest BCUT2D eigenvalue weighted by Gasteiger charge is 2.13. The van der Waals surface area contributed by atoms with Crippen molar-refractivity contribution in [1.29, 1.82) is 0 Å². The molecule has 0 spiro atoms. The highest BCUT2D eigenvalue weighted by atomic mass is 35.5. The minimum Gasteiger partial charge on any atom is -0.492 e. The molecule has 0 saturated heterocycles. The molecule has 0 saturated carbocycles. The van der Waals surface area contributed by atoms with Gasteiger partial charge in [0.2, 0.25) is 0 Å². The van der Waals surface area contributed by atoms with Crippen LogP contribution >= 0.6 is 23.2 Å². The van der Waals surface area contributed by atoms with Crippen LogP contribution in [-0.2, 0) is 0 Å². The van der Waals surface area contributed by atoms with E-state index in [0.29, 0.717) is 22.4 Å². The quantitative estimate of drug-likeness (QED) is 0.879. The van der Waals surface area contributed by atoms with E-state index in [1.54, 1.807) is 12.1 Å². The van der Waals surface area contributed by atoms with Crippen LogP contribution in [0.2, 0.25) is 10.0 Å². The van der Waals surface area contributed by atoms with E-state index in [1.165, 1.54) is 0 Å². The Morgan fingerprint density at radius 2 is 2.07 bits per heavy atom. The third-order valence-electron chi connectivity index (χ3n) is 1.98. The Balaban J connectivity index is 3.09. The maximum atomic E-state index is 6.05. The SMILES string of the molecule is CCCOc1c(Cl)cc(Cl)cc1C(C)N. The molecule has 84 valence electrons. The molecule has 0 bridgehead atoms. The highest BCUT2D eigenvalue weighted by molar-refractivity contribution is 6.35. The molecule has 1 rings (SSSR count). The molecule has 4 heteroatoms. The van der Waals surface area contributed by atoms with Crippen LogP contribution in [0.5, 0.6) is 5.75 Å². The molecular formula is C11H15Cl2NO. The zero-order valence-corrected chi connectivity index (χ0v) is 10.4. The molecule has 2 nitrogen and oxygen atoms in total. The normalized spacial score (nSPS) is 12.6. The molecule has 0 amide bonds. The summed E-state index contributed by atoms with van der Waals surface area (Å²) in [5, 5.41) is 1.10. The molecule has 2 N–H and O–H groups in total. The molecule has 0 fully saturated rings. The van der Waals surface area contributed by atoms with Crippen molar-refractivity contribution in [1.82, 2.24) is 0 Å². The Morgan fingerprint density at radius 3 is 2.60 bits per heavy atom. The van der Waals surface area contributed by atoms with Gasteiger partial charge in [0.1, 0.15) is 5.75 Å². The van der Waals surface area contributed by atoms with E-state index in [-0.39, 0.29) is 6.04 Å². The Bertz CT molecular complexity index is 340. The number of hydrogen-bond donors (Lipinski definition) is 1. The summed E-state index contributed by atoms with van der Waals surface area (Å²) < 4.78 is 5.56. The van der Waals surface area contributed by atoms with Gasteiger partial charge < -0.3 is 10.5 Å². The summed E-state index contributed by atoms with van der Waals surface area (Å²) >= 11 is 12.0. The first kappa shape index (κ1) is 12.6. The number of ether oxygens (including phenoxy) is 1. The van der Waals surface area contributed by atoms with Crippen LogP contribution in [0.3, 0.4) is 0 Å². The molecule has 0 radical (unpaired) electrons. The van der Waals surface area contributed by atoms with Gasteiger partial charge in [-0.15, -0.1) is 0 Å². The lowest BCUT2D eigenvalue weighted by Crippen LogP contribution is -2.09. The predicted molar refractivity (Wildman–Crippen MR) is 64.9 cm³/mol. The van der Waals surface area contributed by atoms with Crippen molar-refractivity contribution < 1.29 is 4.74 Å². The summed E-state index contributed by atoms with van der Waals surface area (Å²) in [5.41, 5.74) is 6.67. The van der Waals surface area contributed by atoms with Crippen molar-refractivity contribution in [2.24, 2.45) is 5.73 Å². The van der Waals surface area contributed by atoms with Gasteiger partial charge in [0, 0.05) is 16.6 Å². The Kier molecular flexibility index (Phi) is 4.71. The molecule has 0 aliphatic heterocycles. The third kappa shape index (κ3) is 3.26. The second-order valence-corrected chi connectivity index (χ2v) is 4.29. The molecule has 1 aromatic rings. The average molecular weight is 248 g/mol. The molecule has 0 heterocycles. The van der Waals surface area contributed by atoms with Gasteiger partial charge in [-0.25, -0.2) is 0 Å². The van der Waals surface area contributed by atoms with Crippen LogP contribution in [0, 0.1) is 0 Å². The second kappa shape index (κ2) is 5.59. The first-order valence-electron chi connectivity index (χ1n) is 4.93. The van der Waals surface area contributed by atoms with E-state index < -0.39 is 0 Å². The third-order valence-corrected chi connectivity index (χ3v) is 2.48. The van der Waals surface area contributed by atoms with Crippen molar-refractivity contribution in [2.45, 2.75) is 26.3 Å². The number of rotatable bonds is 4. The Hall–Kier alpha value is -0.440. The minimum absolute atomic E-state index is 0.145. The van der Waals surface area contributed by atoms with Gasteiger partial charge in [0.15, 0.2) is 0 Å². The van der Waals surface area contributed by atoms with Crippen molar-refractivity contribution in [2.75, 3.05) is 6.61 Å². The standard InChI is InChI=1S/C11H15Cl2NO/c1-3-4-15-11-9(7(2)14)5-8(12)6-10(11)13/h5-7H,3-4,14H2,1-2H3. The zero-order valence-electron chi connectivity index (χ0n) is 8.89. The first-order valence-corrected chi connectivity index (χ1v) is 5.69. The molecule has 0 aromatic heterocycles. The van der Waals surface area contributed by atoms with E-state index in [0.717, 1.165) is 12.0 Å². The summed E-state index contributed by atoms with van der Waals surface area (Å²) in [5.74, 6) is 0.651. The summed E-state index contributed by atoms with van der Waals surface area (Å²) in [4.78, 5) is 0. The molecular weight excluding hydrogens is 233 g/mol. The molecule has 1 unspecified atom stereocenters. The van der Waals surface area contributed by atoms with Crippen LogP contribution in [0.1, 0.15) is 31.9 Å². The van der Waals surface area contributed by atoms with Crippen molar-refractivity contribution >= 4 is 23.2 Å². The molecule has 1 aromatic carbocycles. The van der Waals surface area contributed by atoms with Crippen LogP contribution in [0.25, 0.3) is 0 Å². The molecule has 1 atom stereocenters. The maximum absolute atomic E-state index is 6.05. The van der Waals surface area contributed by atoms with Gasteiger partial charge in [-0.1, -0.05) is 30.1 Å². The molecule has 0 aliphatic rings. The Morgan fingerprint density at radius 1 is 1.40 bits per heavy atom. The van der Waals surface area contributed by atoms with E-state index in [2.05, 4.69) is 0 Å². The van der Waals surface area contributed by atoms with Crippen LogP contribution < -0.4 is 10.5 Å². The predicted octanol–water partition coefficient (Wildman–Crippen LogP) is 3.80. The number of halogens is 2. The molecule has 15 heavy (non-hydrogen) atoms. The monoisotopic (exact) mass is 247 g/mol. The van der Waals surface area contributed by atoms with Crippen LogP contribution in [-0.4, -0.2) is 6.61 Å². The van der Waals surface area contributed by atoms with Crippen molar-refractivity contribution in [3.8, 4) is 5.75 Å². The fraction of sp³-hybridized carbons (Fsp3) is 0.455. The zero-order chi connectivity index (χ0) is 11.4. The smallest absolute Gasteiger partial charge is 0.142 e. The minimum atomic E-state index is -0.145. The number of nitrogens with two attached hydrogens (primary N) is 1. The lowest BCUT2D eigenvalue weighted by molar-refractivity contribution is 0.313. The topological polar surface area (TPSA) is 35.2 Å². The molecule has 0 aliphatic carbocycles. The number of benzene rings is 1. The van der Waals surface area contributed by atoms with Gasteiger partial charge >= 0.3 is 0 Å². The summed E-state index contributed by atoms with van der Waals surface area (Å²) in [6.07, 6.45) is 0.928. The number of hydrogen-bond acceptors (Lipinski definition) is 2. The van der Waals surface area contributed by atoms with E-state index in [4.69, 9.17) is 33.7 Å². The van der Waals surface area contributed by atoms with Gasteiger partial charge in [0.25, 0.3) is 0 Å². The van der Waals surface area contributed by atoms with E-state index in [1.807, 2.05) is 13.8 Å². The van der Waals surface area contributed by atoms with Gasteiger partial charge in [-0.2, -0.15) is 0 Å². The summed E-state index contributed by atoms with van der Waals surface area (Å²) in [6.45, 7) is 4.54.